The van der Waals surface area contributed by atoms with Gasteiger partial charge in [-0.05, 0) is 69.4 Å². The van der Waals surface area contributed by atoms with E-state index in [2.05, 4.69) is 6.58 Å². The number of hydrogen-bond acceptors (Lipinski definition) is 4. The first-order chi connectivity index (χ1) is 14.7. The first-order valence-electron chi connectivity index (χ1n) is 10.6. The first-order valence-corrected chi connectivity index (χ1v) is 10.6. The summed E-state index contributed by atoms with van der Waals surface area (Å²) in [6, 6.07) is 9.62. The second-order valence-corrected chi connectivity index (χ2v) is 8.46. The molecule has 1 aliphatic heterocycles. The molecule has 1 heterocycles. The molecule has 1 atom stereocenters. The molecule has 2 aromatic rings. The van der Waals surface area contributed by atoms with Crippen LogP contribution in [0.4, 0.5) is 5.69 Å². The van der Waals surface area contributed by atoms with Gasteiger partial charge >= 0.3 is 5.97 Å². The molecule has 1 amide bonds. The standard InChI is InChI=1S/C26H31NO4/c1-7-15-27(21-11-9-8-10-12-21)23(29)16-26(6)14-13-22-19(4)24(30-20(5)28)17(2)18(3)25(22)31-26/h7-12H,1,13-16H2,2-6H3. The molecule has 0 aliphatic carbocycles. The van der Waals surface area contributed by atoms with Crippen LogP contribution >= 0.6 is 0 Å². The van der Waals surface area contributed by atoms with Crippen LogP contribution in [0.1, 0.15) is 48.9 Å². The van der Waals surface area contributed by atoms with Gasteiger partial charge in [0.2, 0.25) is 5.91 Å². The van der Waals surface area contributed by atoms with Crippen molar-refractivity contribution in [1.29, 1.82) is 0 Å². The van der Waals surface area contributed by atoms with Gasteiger partial charge in [0.15, 0.2) is 0 Å². The van der Waals surface area contributed by atoms with Gasteiger partial charge in [-0.25, -0.2) is 0 Å². The van der Waals surface area contributed by atoms with Crippen molar-refractivity contribution in [2.75, 3.05) is 11.4 Å². The Labute approximate surface area is 184 Å². The molecule has 0 saturated heterocycles. The summed E-state index contributed by atoms with van der Waals surface area (Å²) >= 11 is 0. The Morgan fingerprint density at radius 3 is 2.45 bits per heavy atom. The highest BCUT2D eigenvalue weighted by Crippen LogP contribution is 2.44. The van der Waals surface area contributed by atoms with E-state index in [-0.39, 0.29) is 18.3 Å². The fourth-order valence-corrected chi connectivity index (χ4v) is 4.21. The summed E-state index contributed by atoms with van der Waals surface area (Å²) in [7, 11) is 0. The van der Waals surface area contributed by atoms with Gasteiger partial charge in [0.05, 0.1) is 6.42 Å². The van der Waals surface area contributed by atoms with Gasteiger partial charge < -0.3 is 14.4 Å². The van der Waals surface area contributed by atoms with Gasteiger partial charge in [0, 0.05) is 24.7 Å². The number of fused-ring (bicyclic) bond motifs is 1. The Kier molecular flexibility index (Phi) is 6.54. The summed E-state index contributed by atoms with van der Waals surface area (Å²) in [5, 5.41) is 0. The van der Waals surface area contributed by atoms with Crippen LogP contribution in [0.15, 0.2) is 43.0 Å². The van der Waals surface area contributed by atoms with E-state index in [1.807, 2.05) is 58.0 Å². The maximum Gasteiger partial charge on any atom is 0.308 e. The molecule has 0 spiro atoms. The van der Waals surface area contributed by atoms with Gasteiger partial charge in [0.25, 0.3) is 0 Å². The number of anilines is 1. The second kappa shape index (κ2) is 8.96. The summed E-state index contributed by atoms with van der Waals surface area (Å²) in [5.74, 6) is 1.09. The molecule has 3 rings (SSSR count). The van der Waals surface area contributed by atoms with Crippen molar-refractivity contribution in [3.05, 3.63) is 65.2 Å². The molecular weight excluding hydrogens is 390 g/mol. The molecule has 31 heavy (non-hydrogen) atoms. The number of amides is 1. The Morgan fingerprint density at radius 1 is 1.16 bits per heavy atom. The van der Waals surface area contributed by atoms with Crippen molar-refractivity contribution >= 4 is 17.6 Å². The predicted octanol–water partition coefficient (Wildman–Crippen LogP) is 5.23. The number of benzene rings is 2. The number of esters is 1. The van der Waals surface area contributed by atoms with E-state index >= 15 is 0 Å². The highest BCUT2D eigenvalue weighted by atomic mass is 16.5. The van der Waals surface area contributed by atoms with Crippen LogP contribution in [-0.4, -0.2) is 24.0 Å². The molecule has 0 bridgehead atoms. The smallest absolute Gasteiger partial charge is 0.308 e. The first kappa shape index (κ1) is 22.6. The Morgan fingerprint density at radius 2 is 1.84 bits per heavy atom. The summed E-state index contributed by atoms with van der Waals surface area (Å²) in [5.41, 5.74) is 4.04. The summed E-state index contributed by atoms with van der Waals surface area (Å²) < 4.78 is 12.0. The third kappa shape index (κ3) is 4.66. The third-order valence-corrected chi connectivity index (χ3v) is 6.01. The van der Waals surface area contributed by atoms with Crippen LogP contribution in [-0.2, 0) is 16.0 Å². The van der Waals surface area contributed by atoms with E-state index in [1.165, 1.54) is 6.92 Å². The van der Waals surface area contributed by atoms with Crippen LogP contribution in [0, 0.1) is 20.8 Å². The zero-order valence-electron chi connectivity index (χ0n) is 19.1. The molecule has 0 fully saturated rings. The van der Waals surface area contributed by atoms with Gasteiger partial charge in [-0.2, -0.15) is 0 Å². The lowest BCUT2D eigenvalue weighted by Gasteiger charge is -2.38. The lowest BCUT2D eigenvalue weighted by molar-refractivity contribution is -0.132. The lowest BCUT2D eigenvalue weighted by atomic mass is 9.85. The largest absolute Gasteiger partial charge is 0.486 e. The summed E-state index contributed by atoms with van der Waals surface area (Å²) in [4.78, 5) is 26.5. The number of carbonyl (C=O) groups is 2. The minimum absolute atomic E-state index is 0.000296. The molecule has 0 N–H and O–H groups in total. The summed E-state index contributed by atoms with van der Waals surface area (Å²) in [6.07, 6.45) is 3.45. The van der Waals surface area contributed by atoms with Crippen LogP contribution in [0.2, 0.25) is 0 Å². The maximum absolute atomic E-state index is 13.3. The van der Waals surface area contributed by atoms with Crippen LogP contribution in [0.3, 0.4) is 0 Å². The molecule has 1 unspecified atom stereocenters. The number of hydrogen-bond donors (Lipinski definition) is 0. The van der Waals surface area contributed by atoms with E-state index in [4.69, 9.17) is 9.47 Å². The molecule has 164 valence electrons. The number of nitrogens with zero attached hydrogens (tertiary/aromatic N) is 1. The predicted molar refractivity (Wildman–Crippen MR) is 123 cm³/mol. The van der Waals surface area contributed by atoms with E-state index in [0.29, 0.717) is 18.7 Å². The highest BCUT2D eigenvalue weighted by Gasteiger charge is 2.38. The van der Waals surface area contributed by atoms with Gasteiger partial charge in [-0.1, -0.05) is 24.3 Å². The SMILES string of the molecule is C=CCN(C(=O)CC1(C)CCc2c(C)c(OC(C)=O)c(C)c(C)c2O1)c1ccccc1. The third-order valence-electron chi connectivity index (χ3n) is 6.01. The topological polar surface area (TPSA) is 55.8 Å². The average Bonchev–Trinajstić information content (AvgIpc) is 2.73. The lowest BCUT2D eigenvalue weighted by Crippen LogP contribution is -2.43. The maximum atomic E-state index is 13.3. The molecule has 5 heteroatoms. The Balaban J connectivity index is 1.89. The quantitative estimate of drug-likeness (QED) is 0.364. The molecule has 5 nitrogen and oxygen atoms in total. The van der Waals surface area contributed by atoms with E-state index in [9.17, 15) is 9.59 Å². The van der Waals surface area contributed by atoms with Crippen molar-refractivity contribution < 1.29 is 19.1 Å². The average molecular weight is 422 g/mol. The van der Waals surface area contributed by atoms with Crippen LogP contribution < -0.4 is 14.4 Å². The summed E-state index contributed by atoms with van der Waals surface area (Å²) in [6.45, 7) is 13.5. The fraction of sp³-hybridized carbons (Fsp3) is 0.385. The molecule has 0 saturated carbocycles. The van der Waals surface area contributed by atoms with E-state index < -0.39 is 5.60 Å². The van der Waals surface area contributed by atoms with Crippen molar-refractivity contribution in [3.8, 4) is 11.5 Å². The number of rotatable bonds is 6. The molecule has 1 aliphatic rings. The Hall–Kier alpha value is -3.08. The monoisotopic (exact) mass is 421 g/mol. The number of ether oxygens (including phenoxy) is 2. The molecule has 2 aromatic carbocycles. The minimum atomic E-state index is -0.620. The second-order valence-electron chi connectivity index (χ2n) is 8.46. The fourth-order valence-electron chi connectivity index (χ4n) is 4.21. The Bertz CT molecular complexity index is 1010. The minimum Gasteiger partial charge on any atom is -0.486 e. The van der Waals surface area contributed by atoms with Gasteiger partial charge in [-0.15, -0.1) is 6.58 Å². The zero-order valence-corrected chi connectivity index (χ0v) is 19.1. The van der Waals surface area contributed by atoms with E-state index in [0.717, 1.165) is 40.1 Å². The van der Waals surface area contributed by atoms with Crippen molar-refractivity contribution in [2.45, 2.75) is 59.5 Å². The van der Waals surface area contributed by atoms with Crippen molar-refractivity contribution in [2.24, 2.45) is 0 Å². The molecule has 0 radical (unpaired) electrons. The van der Waals surface area contributed by atoms with Gasteiger partial charge in [-0.3, -0.25) is 9.59 Å². The van der Waals surface area contributed by atoms with Gasteiger partial charge in [0.1, 0.15) is 17.1 Å². The highest BCUT2D eigenvalue weighted by molar-refractivity contribution is 5.94. The van der Waals surface area contributed by atoms with Crippen molar-refractivity contribution in [3.63, 3.8) is 0 Å². The normalized spacial score (nSPS) is 17.3. The molecule has 0 aromatic heterocycles. The van der Waals surface area contributed by atoms with E-state index in [1.54, 1.807) is 11.0 Å². The zero-order chi connectivity index (χ0) is 22.8. The number of para-hydroxylation sites is 1. The van der Waals surface area contributed by atoms with Crippen LogP contribution in [0.25, 0.3) is 0 Å². The van der Waals surface area contributed by atoms with Crippen LogP contribution in [0.5, 0.6) is 11.5 Å². The number of carbonyl (C=O) groups excluding carboxylic acids is 2. The molecular formula is C26H31NO4. The van der Waals surface area contributed by atoms with Crippen molar-refractivity contribution in [1.82, 2.24) is 0 Å².